The van der Waals surface area contributed by atoms with Crippen LogP contribution in [0.15, 0.2) is 34.5 Å². The summed E-state index contributed by atoms with van der Waals surface area (Å²) >= 11 is 3.66. The Morgan fingerprint density at radius 3 is 2.88 bits per heavy atom. The molecule has 90 valence electrons. The van der Waals surface area contributed by atoms with Crippen LogP contribution in [0.5, 0.6) is 0 Å². The molecule has 0 aliphatic rings. The summed E-state index contributed by atoms with van der Waals surface area (Å²) in [5.74, 6) is 0.985. The predicted octanol–water partition coefficient (Wildman–Crippen LogP) is 4.70. The lowest BCUT2D eigenvalue weighted by Gasteiger charge is -2.02. The first-order valence-electron chi connectivity index (χ1n) is 5.91. The van der Waals surface area contributed by atoms with Gasteiger partial charge in [0.15, 0.2) is 0 Å². The topological polar surface area (TPSA) is 12.9 Å². The average molecular weight is 263 g/mol. The maximum atomic E-state index is 4.64. The Morgan fingerprint density at radius 1 is 1.29 bits per heavy atom. The second-order valence-electron chi connectivity index (χ2n) is 4.04. The standard InChI is InChI=1S/C14H17NS2/c1-3-6-12-9-17-14(15-12)10-16-13-8-5-4-7-11(13)2/h4-5,7-9H,3,6,10H2,1-2H3. The molecule has 2 aromatic rings. The van der Waals surface area contributed by atoms with Gasteiger partial charge in [-0.25, -0.2) is 4.98 Å². The molecule has 1 nitrogen and oxygen atoms in total. The Hall–Kier alpha value is -0.800. The summed E-state index contributed by atoms with van der Waals surface area (Å²) in [4.78, 5) is 6.00. The normalized spacial score (nSPS) is 10.7. The summed E-state index contributed by atoms with van der Waals surface area (Å²) in [7, 11) is 0. The highest BCUT2D eigenvalue weighted by Gasteiger charge is 2.03. The zero-order valence-electron chi connectivity index (χ0n) is 10.3. The van der Waals surface area contributed by atoms with Crippen LogP contribution in [0.1, 0.15) is 29.6 Å². The molecule has 0 radical (unpaired) electrons. The van der Waals surface area contributed by atoms with Crippen molar-refractivity contribution in [2.45, 2.75) is 37.3 Å². The van der Waals surface area contributed by atoms with Crippen LogP contribution in [0.2, 0.25) is 0 Å². The van der Waals surface area contributed by atoms with Gasteiger partial charge in [-0.15, -0.1) is 23.1 Å². The number of benzene rings is 1. The van der Waals surface area contributed by atoms with E-state index >= 15 is 0 Å². The minimum absolute atomic E-state index is 0.985. The van der Waals surface area contributed by atoms with Crippen LogP contribution in [-0.4, -0.2) is 4.98 Å². The maximum absolute atomic E-state index is 4.64. The summed E-state index contributed by atoms with van der Waals surface area (Å²) < 4.78 is 0. The highest BCUT2D eigenvalue weighted by atomic mass is 32.2. The van der Waals surface area contributed by atoms with Crippen LogP contribution in [-0.2, 0) is 12.2 Å². The van der Waals surface area contributed by atoms with Gasteiger partial charge in [0.05, 0.1) is 11.4 Å². The highest BCUT2D eigenvalue weighted by Crippen LogP contribution is 2.27. The molecule has 0 aliphatic carbocycles. The largest absolute Gasteiger partial charge is 0.245 e. The van der Waals surface area contributed by atoms with Gasteiger partial charge in [0.1, 0.15) is 5.01 Å². The van der Waals surface area contributed by atoms with Gasteiger partial charge in [-0.1, -0.05) is 31.5 Å². The third-order valence-electron chi connectivity index (χ3n) is 2.55. The monoisotopic (exact) mass is 263 g/mol. The van der Waals surface area contributed by atoms with E-state index in [-0.39, 0.29) is 0 Å². The lowest BCUT2D eigenvalue weighted by Crippen LogP contribution is -1.85. The summed E-state index contributed by atoms with van der Waals surface area (Å²) in [6.45, 7) is 4.35. The Balaban J connectivity index is 1.95. The molecule has 1 heterocycles. The Kier molecular flexibility index (Phi) is 4.63. The molecule has 1 aromatic heterocycles. The first-order chi connectivity index (χ1) is 8.29. The van der Waals surface area contributed by atoms with Crippen molar-refractivity contribution in [3.63, 3.8) is 0 Å². The van der Waals surface area contributed by atoms with Gasteiger partial charge in [0.2, 0.25) is 0 Å². The average Bonchev–Trinajstić information content (AvgIpc) is 2.76. The van der Waals surface area contributed by atoms with Gasteiger partial charge in [0.25, 0.3) is 0 Å². The zero-order valence-corrected chi connectivity index (χ0v) is 11.9. The van der Waals surface area contributed by atoms with Crippen LogP contribution in [0.4, 0.5) is 0 Å². The Bertz CT molecular complexity index is 477. The van der Waals surface area contributed by atoms with Crippen molar-refractivity contribution in [1.29, 1.82) is 0 Å². The van der Waals surface area contributed by atoms with E-state index < -0.39 is 0 Å². The lowest BCUT2D eigenvalue weighted by molar-refractivity contribution is 0.887. The number of thioether (sulfide) groups is 1. The number of hydrogen-bond acceptors (Lipinski definition) is 3. The summed E-state index contributed by atoms with van der Waals surface area (Å²) in [5.41, 5.74) is 2.60. The van der Waals surface area contributed by atoms with Crippen molar-refractivity contribution in [2.75, 3.05) is 0 Å². The van der Waals surface area contributed by atoms with E-state index in [0.717, 1.165) is 12.2 Å². The Morgan fingerprint density at radius 2 is 2.12 bits per heavy atom. The van der Waals surface area contributed by atoms with E-state index in [9.17, 15) is 0 Å². The van der Waals surface area contributed by atoms with E-state index in [2.05, 4.69) is 48.5 Å². The number of hydrogen-bond donors (Lipinski definition) is 0. The van der Waals surface area contributed by atoms with Crippen LogP contribution in [0.3, 0.4) is 0 Å². The fourth-order valence-corrected chi connectivity index (χ4v) is 3.52. The minimum Gasteiger partial charge on any atom is -0.245 e. The number of aromatic nitrogens is 1. The molecule has 1 aromatic carbocycles. The number of rotatable bonds is 5. The van der Waals surface area contributed by atoms with Crippen LogP contribution >= 0.6 is 23.1 Å². The molecule has 17 heavy (non-hydrogen) atoms. The van der Waals surface area contributed by atoms with Gasteiger partial charge in [-0.3, -0.25) is 0 Å². The van der Waals surface area contributed by atoms with Crippen molar-refractivity contribution < 1.29 is 0 Å². The van der Waals surface area contributed by atoms with Gasteiger partial charge < -0.3 is 0 Å². The third-order valence-corrected chi connectivity index (χ3v) is 4.82. The fourth-order valence-electron chi connectivity index (χ4n) is 1.64. The molecule has 0 amide bonds. The first kappa shape index (κ1) is 12.7. The zero-order chi connectivity index (χ0) is 12.1. The number of thiazole rings is 1. The molecule has 0 unspecified atom stereocenters. The number of nitrogens with zero attached hydrogens (tertiary/aromatic N) is 1. The summed E-state index contributed by atoms with van der Waals surface area (Å²) in [6.07, 6.45) is 2.28. The molecule has 2 rings (SSSR count). The second kappa shape index (κ2) is 6.22. The molecule has 0 atom stereocenters. The molecule has 0 aliphatic heterocycles. The van der Waals surface area contributed by atoms with E-state index in [1.165, 1.54) is 27.6 Å². The van der Waals surface area contributed by atoms with E-state index in [0.29, 0.717) is 0 Å². The van der Waals surface area contributed by atoms with Crippen molar-refractivity contribution in [3.05, 3.63) is 45.9 Å². The first-order valence-corrected chi connectivity index (χ1v) is 7.78. The molecule has 0 saturated heterocycles. The smallest absolute Gasteiger partial charge is 0.103 e. The summed E-state index contributed by atoms with van der Waals surface area (Å²) in [5, 5.41) is 3.43. The molecule has 0 spiro atoms. The number of aryl methyl sites for hydroxylation is 2. The maximum Gasteiger partial charge on any atom is 0.103 e. The van der Waals surface area contributed by atoms with Crippen molar-refractivity contribution >= 4 is 23.1 Å². The second-order valence-corrected chi connectivity index (χ2v) is 6.00. The lowest BCUT2D eigenvalue weighted by atomic mass is 10.2. The SMILES string of the molecule is CCCc1csc(CSc2ccccc2C)n1. The van der Waals surface area contributed by atoms with E-state index in [4.69, 9.17) is 0 Å². The van der Waals surface area contributed by atoms with E-state index in [1.807, 2.05) is 11.8 Å². The molecule has 0 fully saturated rings. The molecular formula is C14H17NS2. The minimum atomic E-state index is 0.985. The fraction of sp³-hybridized carbons (Fsp3) is 0.357. The van der Waals surface area contributed by atoms with Gasteiger partial charge >= 0.3 is 0 Å². The van der Waals surface area contributed by atoms with Gasteiger partial charge in [0, 0.05) is 10.3 Å². The van der Waals surface area contributed by atoms with Gasteiger partial charge in [-0.2, -0.15) is 0 Å². The quantitative estimate of drug-likeness (QED) is 0.725. The Labute approximate surface area is 111 Å². The van der Waals surface area contributed by atoms with Gasteiger partial charge in [-0.05, 0) is 25.0 Å². The predicted molar refractivity (Wildman–Crippen MR) is 76.8 cm³/mol. The van der Waals surface area contributed by atoms with Crippen molar-refractivity contribution in [3.8, 4) is 0 Å². The molecule has 0 saturated carbocycles. The highest BCUT2D eigenvalue weighted by molar-refractivity contribution is 7.98. The van der Waals surface area contributed by atoms with Crippen LogP contribution < -0.4 is 0 Å². The molecule has 0 bridgehead atoms. The van der Waals surface area contributed by atoms with Crippen LogP contribution in [0, 0.1) is 6.92 Å². The molecule has 0 N–H and O–H groups in total. The van der Waals surface area contributed by atoms with Crippen LogP contribution in [0.25, 0.3) is 0 Å². The molecular weight excluding hydrogens is 246 g/mol. The summed E-state index contributed by atoms with van der Waals surface area (Å²) in [6, 6.07) is 8.52. The third kappa shape index (κ3) is 3.58. The van der Waals surface area contributed by atoms with Crippen molar-refractivity contribution in [1.82, 2.24) is 4.98 Å². The van der Waals surface area contributed by atoms with E-state index in [1.54, 1.807) is 11.3 Å². The van der Waals surface area contributed by atoms with Crippen molar-refractivity contribution in [2.24, 2.45) is 0 Å². The molecule has 3 heteroatoms.